The first kappa shape index (κ1) is 17.7. The van der Waals surface area contributed by atoms with E-state index in [4.69, 9.17) is 4.74 Å². The Kier molecular flexibility index (Phi) is 5.35. The predicted molar refractivity (Wildman–Crippen MR) is 95.3 cm³/mol. The van der Waals surface area contributed by atoms with Gasteiger partial charge in [-0.3, -0.25) is 0 Å². The second kappa shape index (κ2) is 7.26. The van der Waals surface area contributed by atoms with Crippen molar-refractivity contribution < 1.29 is 13.5 Å². The summed E-state index contributed by atoms with van der Waals surface area (Å²) in [5.41, 5.74) is 2.84. The highest BCUT2D eigenvalue weighted by atomic mass is 19.2. The molecule has 1 nitrogen and oxygen atoms in total. The smallest absolute Gasteiger partial charge is 0.167 e. The molecule has 0 N–H and O–H groups in total. The van der Waals surface area contributed by atoms with Crippen LogP contribution >= 0.6 is 0 Å². The Labute approximate surface area is 141 Å². The van der Waals surface area contributed by atoms with Crippen LogP contribution in [0.25, 0.3) is 22.3 Å². The average Bonchev–Trinajstić information content (AvgIpc) is 2.58. The molecule has 24 heavy (non-hydrogen) atoms. The van der Waals surface area contributed by atoms with E-state index in [0.29, 0.717) is 16.9 Å². The first-order valence-electron chi connectivity index (χ1n) is 7.29. The van der Waals surface area contributed by atoms with Crippen molar-refractivity contribution in [2.75, 3.05) is 7.11 Å². The lowest BCUT2D eigenvalue weighted by atomic mass is 9.98. The molecule has 0 aliphatic heterocycles. The zero-order valence-corrected chi connectivity index (χ0v) is 12.9. The summed E-state index contributed by atoms with van der Waals surface area (Å²) in [7, 11) is 1.56. The van der Waals surface area contributed by atoms with Crippen LogP contribution in [-0.2, 0) is 0 Å². The van der Waals surface area contributed by atoms with Gasteiger partial charge in [0.05, 0.1) is 7.11 Å². The molecule has 0 aliphatic carbocycles. The van der Waals surface area contributed by atoms with Crippen molar-refractivity contribution >= 4 is 0 Å². The molecule has 3 aromatic carbocycles. The van der Waals surface area contributed by atoms with Gasteiger partial charge in [0.25, 0.3) is 0 Å². The minimum absolute atomic E-state index is 0. The van der Waals surface area contributed by atoms with E-state index in [9.17, 15) is 8.78 Å². The number of aryl methyl sites for hydroxylation is 1. The molecule has 0 aliphatic rings. The summed E-state index contributed by atoms with van der Waals surface area (Å²) in [5.74, 6) is -0.999. The summed E-state index contributed by atoms with van der Waals surface area (Å²) in [5, 5.41) is 0. The lowest BCUT2D eigenvalue weighted by Crippen LogP contribution is -1.94. The van der Waals surface area contributed by atoms with E-state index < -0.39 is 11.6 Å². The Morgan fingerprint density at radius 3 is 1.50 bits per heavy atom. The summed E-state index contributed by atoms with van der Waals surface area (Å²) in [6, 6.07) is 17.4. The van der Waals surface area contributed by atoms with E-state index in [1.807, 2.05) is 19.1 Å². The summed E-state index contributed by atoms with van der Waals surface area (Å²) >= 11 is 0. The van der Waals surface area contributed by atoms with Crippen LogP contribution in [0, 0.1) is 18.6 Å². The normalized spacial score (nSPS) is 10.2. The lowest BCUT2D eigenvalue weighted by Gasteiger charge is -2.10. The fourth-order valence-corrected chi connectivity index (χ4v) is 2.50. The topological polar surface area (TPSA) is 9.23 Å². The van der Waals surface area contributed by atoms with Crippen molar-refractivity contribution in [3.8, 4) is 28.0 Å². The maximum atomic E-state index is 14.5. The molecule has 0 heterocycles. The van der Waals surface area contributed by atoms with Crippen LogP contribution in [-0.4, -0.2) is 7.11 Å². The van der Waals surface area contributed by atoms with Crippen LogP contribution in [0.5, 0.6) is 5.75 Å². The largest absolute Gasteiger partial charge is 0.497 e. The number of benzene rings is 3. The van der Waals surface area contributed by atoms with Crippen LogP contribution < -0.4 is 4.74 Å². The highest BCUT2D eigenvalue weighted by Crippen LogP contribution is 2.32. The van der Waals surface area contributed by atoms with Gasteiger partial charge >= 0.3 is 0 Å². The number of methoxy groups -OCH3 is 1. The van der Waals surface area contributed by atoms with Crippen molar-refractivity contribution in [3.05, 3.63) is 77.9 Å². The van der Waals surface area contributed by atoms with E-state index in [-0.39, 0.29) is 18.6 Å². The van der Waals surface area contributed by atoms with Gasteiger partial charge in [0.2, 0.25) is 0 Å². The zero-order chi connectivity index (χ0) is 16.4. The van der Waals surface area contributed by atoms with Crippen molar-refractivity contribution in [2.45, 2.75) is 14.4 Å². The number of hydrogen-bond donors (Lipinski definition) is 0. The fourth-order valence-electron chi connectivity index (χ4n) is 2.50. The molecule has 3 rings (SSSR count). The first-order chi connectivity index (χ1) is 11.1. The summed E-state index contributed by atoms with van der Waals surface area (Å²) in [6.07, 6.45) is 0. The maximum Gasteiger partial charge on any atom is 0.167 e. The van der Waals surface area contributed by atoms with Gasteiger partial charge in [-0.2, -0.15) is 0 Å². The second-order valence-corrected chi connectivity index (χ2v) is 5.38. The summed E-state index contributed by atoms with van der Waals surface area (Å²) in [6.45, 7) is 1.95. The van der Waals surface area contributed by atoms with Crippen molar-refractivity contribution in [2.24, 2.45) is 0 Å². The number of ether oxygens (including phenoxy) is 1. The van der Waals surface area contributed by atoms with Crippen LogP contribution in [0.1, 0.15) is 13.0 Å². The molecule has 0 bridgehead atoms. The molecule has 3 aromatic rings. The van der Waals surface area contributed by atoms with Gasteiger partial charge in [0.15, 0.2) is 11.6 Å². The van der Waals surface area contributed by atoms with E-state index in [1.54, 1.807) is 55.6 Å². The van der Waals surface area contributed by atoms with E-state index >= 15 is 0 Å². The molecule has 0 saturated heterocycles. The van der Waals surface area contributed by atoms with Crippen molar-refractivity contribution in [1.29, 1.82) is 0 Å². The Bertz CT molecular complexity index is 822. The number of hydrogen-bond acceptors (Lipinski definition) is 1. The highest BCUT2D eigenvalue weighted by Gasteiger charge is 2.15. The molecule has 124 valence electrons. The predicted octanol–water partition coefficient (Wildman–Crippen LogP) is 6.25. The van der Waals surface area contributed by atoms with Gasteiger partial charge in [-0.25, -0.2) is 8.78 Å². The molecule has 0 unspecified atom stereocenters. The molecule has 0 radical (unpaired) electrons. The molecular weight excluding hydrogens is 306 g/mol. The Hall–Kier alpha value is -2.68. The van der Waals surface area contributed by atoms with Crippen molar-refractivity contribution in [3.63, 3.8) is 0 Å². The number of rotatable bonds is 3. The molecule has 0 aromatic heterocycles. The monoisotopic (exact) mass is 326 g/mol. The van der Waals surface area contributed by atoms with Crippen LogP contribution in [0.2, 0.25) is 0 Å². The van der Waals surface area contributed by atoms with E-state index in [2.05, 4.69) is 0 Å². The van der Waals surface area contributed by atoms with Crippen LogP contribution in [0.4, 0.5) is 8.78 Å². The minimum Gasteiger partial charge on any atom is -0.497 e. The quantitative estimate of drug-likeness (QED) is 0.552. The third kappa shape index (κ3) is 3.30. The standard InChI is InChI=1S/C20H16F2O.CH4/c1-13-3-5-14(6-4-13)17-11-12-18(20(22)19(17)21)15-7-9-16(23-2)10-8-15;/h3-12H,1-2H3;1H4. The van der Waals surface area contributed by atoms with Crippen LogP contribution in [0.15, 0.2) is 60.7 Å². The van der Waals surface area contributed by atoms with Crippen LogP contribution in [0.3, 0.4) is 0 Å². The Morgan fingerprint density at radius 2 is 1.08 bits per heavy atom. The molecule has 0 amide bonds. The van der Waals surface area contributed by atoms with Gasteiger partial charge < -0.3 is 4.74 Å². The molecular formula is C21H20F2O. The first-order valence-corrected chi connectivity index (χ1v) is 7.29. The van der Waals surface area contributed by atoms with Gasteiger partial charge in [0.1, 0.15) is 5.75 Å². The molecule has 0 saturated carbocycles. The van der Waals surface area contributed by atoms with E-state index in [1.165, 1.54) is 0 Å². The van der Waals surface area contributed by atoms with E-state index in [0.717, 1.165) is 5.56 Å². The average molecular weight is 326 g/mol. The van der Waals surface area contributed by atoms with Gasteiger partial charge in [-0.05, 0) is 30.2 Å². The molecule has 0 fully saturated rings. The summed E-state index contributed by atoms with van der Waals surface area (Å²) in [4.78, 5) is 0. The SMILES string of the molecule is C.COc1ccc(-c2ccc(-c3ccc(C)cc3)c(F)c2F)cc1. The molecule has 0 atom stereocenters. The molecule has 0 spiro atoms. The number of halogens is 2. The fraction of sp³-hybridized carbons (Fsp3) is 0.143. The lowest BCUT2D eigenvalue weighted by molar-refractivity contribution is 0.415. The third-order valence-corrected chi connectivity index (χ3v) is 3.85. The molecule has 3 heteroatoms. The highest BCUT2D eigenvalue weighted by molar-refractivity contribution is 5.72. The third-order valence-electron chi connectivity index (χ3n) is 3.85. The Balaban J connectivity index is 0.00000208. The van der Waals surface area contributed by atoms with Gasteiger partial charge in [-0.1, -0.05) is 61.5 Å². The maximum absolute atomic E-state index is 14.5. The Morgan fingerprint density at radius 1 is 0.667 bits per heavy atom. The van der Waals surface area contributed by atoms with Gasteiger partial charge in [0, 0.05) is 11.1 Å². The van der Waals surface area contributed by atoms with Crippen molar-refractivity contribution in [1.82, 2.24) is 0 Å². The second-order valence-electron chi connectivity index (χ2n) is 5.38. The van der Waals surface area contributed by atoms with Gasteiger partial charge in [-0.15, -0.1) is 0 Å². The zero-order valence-electron chi connectivity index (χ0n) is 12.9. The summed E-state index contributed by atoms with van der Waals surface area (Å²) < 4.78 is 34.0. The minimum atomic E-state index is -0.840.